The molecule has 1 aromatic rings. The van der Waals surface area contributed by atoms with Gasteiger partial charge in [-0.05, 0) is 30.7 Å². The zero-order valence-electron chi connectivity index (χ0n) is 10.4. The zero-order chi connectivity index (χ0) is 11.7. The van der Waals surface area contributed by atoms with E-state index in [1.807, 2.05) is 0 Å². The number of hydrogen-bond donors (Lipinski definition) is 1. The SMILES string of the molecule is COCC(NC1CC1c1ccccc1)C1CC1. The van der Waals surface area contributed by atoms with E-state index in [1.165, 1.54) is 24.8 Å². The maximum atomic E-state index is 5.31. The van der Waals surface area contributed by atoms with Gasteiger partial charge >= 0.3 is 0 Å². The molecule has 0 spiro atoms. The molecular formula is C15H21NO. The van der Waals surface area contributed by atoms with Gasteiger partial charge < -0.3 is 10.1 Å². The zero-order valence-corrected chi connectivity index (χ0v) is 10.4. The van der Waals surface area contributed by atoms with Gasteiger partial charge in [0.25, 0.3) is 0 Å². The molecule has 2 heteroatoms. The minimum atomic E-state index is 0.582. The van der Waals surface area contributed by atoms with Crippen LogP contribution in [0.1, 0.15) is 30.7 Å². The van der Waals surface area contributed by atoms with Gasteiger partial charge in [-0.2, -0.15) is 0 Å². The second-order valence-electron chi connectivity index (χ2n) is 5.43. The Kier molecular flexibility index (Phi) is 3.17. The van der Waals surface area contributed by atoms with Crippen LogP contribution in [0.4, 0.5) is 0 Å². The van der Waals surface area contributed by atoms with E-state index in [9.17, 15) is 0 Å². The molecule has 0 aromatic heterocycles. The van der Waals surface area contributed by atoms with E-state index in [0.29, 0.717) is 12.1 Å². The van der Waals surface area contributed by atoms with Crippen LogP contribution in [0.2, 0.25) is 0 Å². The first kappa shape index (κ1) is 11.2. The van der Waals surface area contributed by atoms with Crippen molar-refractivity contribution in [2.45, 2.75) is 37.3 Å². The predicted octanol–water partition coefficient (Wildman–Crippen LogP) is 2.56. The van der Waals surface area contributed by atoms with Crippen molar-refractivity contribution in [1.29, 1.82) is 0 Å². The molecule has 2 fully saturated rings. The first-order valence-electron chi connectivity index (χ1n) is 6.68. The van der Waals surface area contributed by atoms with Crippen molar-refractivity contribution in [2.24, 2.45) is 5.92 Å². The summed E-state index contributed by atoms with van der Waals surface area (Å²) in [4.78, 5) is 0. The van der Waals surface area contributed by atoms with E-state index in [2.05, 4.69) is 35.6 Å². The second-order valence-corrected chi connectivity index (χ2v) is 5.43. The molecule has 0 saturated heterocycles. The molecule has 2 aliphatic rings. The Morgan fingerprint density at radius 2 is 2.06 bits per heavy atom. The summed E-state index contributed by atoms with van der Waals surface area (Å²) < 4.78 is 5.31. The van der Waals surface area contributed by atoms with E-state index in [4.69, 9.17) is 4.74 Å². The van der Waals surface area contributed by atoms with Gasteiger partial charge in [0, 0.05) is 25.1 Å². The van der Waals surface area contributed by atoms with Crippen LogP contribution in [0.15, 0.2) is 30.3 Å². The number of nitrogens with one attached hydrogen (secondary N) is 1. The summed E-state index contributed by atoms with van der Waals surface area (Å²) in [7, 11) is 1.80. The molecule has 1 N–H and O–H groups in total. The lowest BCUT2D eigenvalue weighted by Gasteiger charge is -2.17. The molecule has 3 rings (SSSR count). The van der Waals surface area contributed by atoms with Crippen LogP contribution in [-0.2, 0) is 4.74 Å². The average molecular weight is 231 g/mol. The lowest BCUT2D eigenvalue weighted by atomic mass is 10.1. The largest absolute Gasteiger partial charge is 0.383 e. The first-order valence-corrected chi connectivity index (χ1v) is 6.68. The van der Waals surface area contributed by atoms with Crippen LogP contribution >= 0.6 is 0 Å². The number of benzene rings is 1. The standard InChI is InChI=1S/C15H21NO/c1-17-10-15(12-7-8-12)16-14-9-13(14)11-5-3-2-4-6-11/h2-6,12-16H,7-10H2,1H3. The van der Waals surface area contributed by atoms with Crippen LogP contribution in [0, 0.1) is 5.92 Å². The molecule has 3 unspecified atom stereocenters. The highest BCUT2D eigenvalue weighted by molar-refractivity contribution is 5.27. The molecule has 17 heavy (non-hydrogen) atoms. The summed E-state index contributed by atoms with van der Waals surface area (Å²) in [5.74, 6) is 1.60. The summed E-state index contributed by atoms with van der Waals surface area (Å²) >= 11 is 0. The van der Waals surface area contributed by atoms with Gasteiger partial charge in [0.05, 0.1) is 6.61 Å². The highest BCUT2D eigenvalue weighted by atomic mass is 16.5. The Labute approximate surface area is 103 Å². The summed E-state index contributed by atoms with van der Waals surface area (Å²) in [5, 5.41) is 3.78. The molecule has 2 aliphatic carbocycles. The Balaban J connectivity index is 1.54. The molecule has 0 heterocycles. The highest BCUT2D eigenvalue weighted by Gasteiger charge is 2.42. The molecule has 92 valence electrons. The van der Waals surface area contributed by atoms with Crippen LogP contribution in [0.25, 0.3) is 0 Å². The van der Waals surface area contributed by atoms with Crippen molar-refractivity contribution in [3.05, 3.63) is 35.9 Å². The van der Waals surface area contributed by atoms with E-state index in [-0.39, 0.29) is 0 Å². The van der Waals surface area contributed by atoms with Crippen molar-refractivity contribution in [3.8, 4) is 0 Å². The van der Waals surface area contributed by atoms with Gasteiger partial charge in [-0.25, -0.2) is 0 Å². The van der Waals surface area contributed by atoms with Crippen molar-refractivity contribution < 1.29 is 4.74 Å². The second kappa shape index (κ2) is 4.79. The van der Waals surface area contributed by atoms with E-state index in [1.54, 1.807) is 7.11 Å². The summed E-state index contributed by atoms with van der Waals surface area (Å²) in [6.45, 7) is 0.864. The minimum absolute atomic E-state index is 0.582. The molecule has 3 atom stereocenters. The van der Waals surface area contributed by atoms with Gasteiger partial charge in [0.1, 0.15) is 0 Å². The fraction of sp³-hybridized carbons (Fsp3) is 0.600. The van der Waals surface area contributed by atoms with Gasteiger partial charge in [-0.15, -0.1) is 0 Å². The van der Waals surface area contributed by atoms with Gasteiger partial charge in [0.15, 0.2) is 0 Å². The van der Waals surface area contributed by atoms with Gasteiger partial charge in [-0.1, -0.05) is 30.3 Å². The Bertz CT molecular complexity index is 360. The Morgan fingerprint density at radius 1 is 1.29 bits per heavy atom. The maximum absolute atomic E-state index is 5.31. The number of hydrogen-bond acceptors (Lipinski definition) is 2. The fourth-order valence-corrected chi connectivity index (χ4v) is 2.72. The van der Waals surface area contributed by atoms with Crippen LogP contribution in [0.5, 0.6) is 0 Å². The number of ether oxygens (including phenoxy) is 1. The normalized spacial score (nSPS) is 29.0. The summed E-state index contributed by atoms with van der Waals surface area (Å²) in [6.07, 6.45) is 4.05. The van der Waals surface area contributed by atoms with Crippen LogP contribution < -0.4 is 5.32 Å². The van der Waals surface area contributed by atoms with E-state index in [0.717, 1.165) is 18.4 Å². The number of rotatable bonds is 6. The molecule has 0 aliphatic heterocycles. The van der Waals surface area contributed by atoms with Crippen molar-refractivity contribution in [3.63, 3.8) is 0 Å². The summed E-state index contributed by atoms with van der Waals surface area (Å²) in [6, 6.07) is 12.1. The highest BCUT2D eigenvalue weighted by Crippen LogP contribution is 2.42. The lowest BCUT2D eigenvalue weighted by Crippen LogP contribution is -2.37. The third kappa shape index (κ3) is 2.70. The Morgan fingerprint density at radius 3 is 2.71 bits per heavy atom. The molecular weight excluding hydrogens is 210 g/mol. The van der Waals surface area contributed by atoms with Crippen LogP contribution in [0.3, 0.4) is 0 Å². The average Bonchev–Trinajstić information content (AvgIpc) is 3.24. The molecule has 0 bridgehead atoms. The first-order chi connectivity index (χ1) is 8.38. The third-order valence-corrected chi connectivity index (χ3v) is 3.98. The molecule has 0 radical (unpaired) electrons. The quantitative estimate of drug-likeness (QED) is 0.812. The van der Waals surface area contributed by atoms with Crippen molar-refractivity contribution in [1.82, 2.24) is 5.32 Å². The smallest absolute Gasteiger partial charge is 0.0618 e. The van der Waals surface area contributed by atoms with Gasteiger partial charge in [-0.3, -0.25) is 0 Å². The van der Waals surface area contributed by atoms with Crippen molar-refractivity contribution >= 4 is 0 Å². The number of methoxy groups -OCH3 is 1. The molecule has 2 nitrogen and oxygen atoms in total. The molecule has 2 saturated carbocycles. The summed E-state index contributed by atoms with van der Waals surface area (Å²) in [5.41, 5.74) is 1.48. The van der Waals surface area contributed by atoms with Gasteiger partial charge in [0.2, 0.25) is 0 Å². The third-order valence-electron chi connectivity index (χ3n) is 3.98. The predicted molar refractivity (Wildman–Crippen MR) is 69.1 cm³/mol. The van der Waals surface area contributed by atoms with Crippen molar-refractivity contribution in [2.75, 3.05) is 13.7 Å². The fourth-order valence-electron chi connectivity index (χ4n) is 2.72. The van der Waals surface area contributed by atoms with Crippen LogP contribution in [-0.4, -0.2) is 25.8 Å². The minimum Gasteiger partial charge on any atom is -0.383 e. The van der Waals surface area contributed by atoms with E-state index < -0.39 is 0 Å². The lowest BCUT2D eigenvalue weighted by molar-refractivity contribution is 0.156. The molecule has 0 amide bonds. The Hall–Kier alpha value is -0.860. The molecule has 1 aromatic carbocycles. The van der Waals surface area contributed by atoms with E-state index >= 15 is 0 Å². The monoisotopic (exact) mass is 231 g/mol. The topological polar surface area (TPSA) is 21.3 Å². The maximum Gasteiger partial charge on any atom is 0.0618 e.